The molecule has 3 rings (SSSR count). The van der Waals surface area contributed by atoms with Crippen molar-refractivity contribution in [2.75, 3.05) is 26.4 Å². The largest absolute Gasteiger partial charge is 0.394 e. The fourth-order valence-electron chi connectivity index (χ4n) is 14.3. The Labute approximate surface area is 665 Å². The maximum absolute atomic E-state index is 13.5. The van der Waals surface area contributed by atoms with E-state index in [1.54, 1.807) is 6.08 Å². The number of unbranched alkanes of at least 4 members (excludes halogenated alkanes) is 38. The van der Waals surface area contributed by atoms with Gasteiger partial charge in [0.15, 0.2) is 18.9 Å². The number of carbonyl (C=O) groups excluding carboxylic acids is 1. The summed E-state index contributed by atoms with van der Waals surface area (Å²) in [7, 11) is 0. The molecule has 0 saturated carbocycles. The Morgan fingerprint density at radius 3 is 1.02 bits per heavy atom. The van der Waals surface area contributed by atoms with Crippen LogP contribution < -0.4 is 5.32 Å². The van der Waals surface area contributed by atoms with Crippen molar-refractivity contribution in [1.82, 2.24) is 5.32 Å². The van der Waals surface area contributed by atoms with Gasteiger partial charge in [-0.25, -0.2) is 0 Å². The third-order valence-corrected chi connectivity index (χ3v) is 21.3. The summed E-state index contributed by atoms with van der Waals surface area (Å²) in [6.45, 7) is 1.63. The molecule has 19 heteroatoms. The molecule has 1 amide bonds. The number of allylic oxidation sites excluding steroid dienone is 17. The van der Waals surface area contributed by atoms with Crippen LogP contribution in [0.3, 0.4) is 0 Å². The molecule has 110 heavy (non-hydrogen) atoms. The number of aliphatic hydroxyl groups excluding tert-OH is 11. The fourth-order valence-corrected chi connectivity index (χ4v) is 14.3. The van der Waals surface area contributed by atoms with Gasteiger partial charge in [0.1, 0.15) is 73.2 Å². The smallest absolute Gasteiger partial charge is 0.220 e. The Bertz CT molecular complexity index is 2410. The number of nitrogens with one attached hydrogen (secondary N) is 1. The second kappa shape index (κ2) is 69.7. The van der Waals surface area contributed by atoms with E-state index in [1.807, 2.05) is 6.08 Å². The molecule has 0 radical (unpaired) electrons. The van der Waals surface area contributed by atoms with Gasteiger partial charge in [-0.2, -0.15) is 0 Å². The van der Waals surface area contributed by atoms with Crippen LogP contribution in [0.4, 0.5) is 0 Å². The molecular formula is C91H159NO18. The zero-order chi connectivity index (χ0) is 79.5. The van der Waals surface area contributed by atoms with Crippen LogP contribution in [-0.2, 0) is 33.2 Å². The Morgan fingerprint density at radius 2 is 0.636 bits per heavy atom. The Kier molecular flexibility index (Phi) is 63.8. The lowest BCUT2D eigenvalue weighted by Crippen LogP contribution is -2.66. The summed E-state index contributed by atoms with van der Waals surface area (Å²) in [5, 5.41) is 121. The molecule has 3 saturated heterocycles. The summed E-state index contributed by atoms with van der Waals surface area (Å²) in [6, 6.07) is -1.00. The van der Waals surface area contributed by atoms with Crippen LogP contribution in [0.25, 0.3) is 0 Å². The number of hydrogen-bond donors (Lipinski definition) is 12. The van der Waals surface area contributed by atoms with Crippen LogP contribution in [-0.4, -0.2) is 193 Å². The van der Waals surface area contributed by atoms with Gasteiger partial charge in [-0.15, -0.1) is 0 Å². The first kappa shape index (κ1) is 101. The summed E-state index contributed by atoms with van der Waals surface area (Å²) >= 11 is 0. The van der Waals surface area contributed by atoms with Crippen LogP contribution in [0, 0.1) is 0 Å². The number of rotatable bonds is 70. The molecule has 12 N–H and O–H groups in total. The third-order valence-electron chi connectivity index (χ3n) is 21.3. The van der Waals surface area contributed by atoms with Crippen molar-refractivity contribution in [3.05, 3.63) is 109 Å². The highest BCUT2D eigenvalue weighted by atomic mass is 16.8. The van der Waals surface area contributed by atoms with Gasteiger partial charge in [0.25, 0.3) is 0 Å². The SMILES string of the molecule is CC/C=C\C/C=C\C/C=C\C/C=C\C/C=C\C/C=C\CCCCCCCCCCCCCCCCCCCCC(=O)NC(COC1OC(CO)C(OC2OC(CO)C(OC3OC(CO)C(O)C(O)C3O)C(O)C2O)C(O)C1O)C(O)/C=C/CC/C=C/CC/C=C/CCCCCCCCCCCCCCCCCCCC. The predicted molar refractivity (Wildman–Crippen MR) is 443 cm³/mol. The van der Waals surface area contributed by atoms with E-state index in [0.29, 0.717) is 12.8 Å². The molecule has 0 aliphatic carbocycles. The van der Waals surface area contributed by atoms with Crippen molar-refractivity contribution in [3.63, 3.8) is 0 Å². The second-order valence-corrected chi connectivity index (χ2v) is 31.0. The van der Waals surface area contributed by atoms with Gasteiger partial charge in [0.2, 0.25) is 5.91 Å². The van der Waals surface area contributed by atoms with Crippen molar-refractivity contribution in [3.8, 4) is 0 Å². The molecule has 0 aromatic rings. The molecule has 0 aromatic carbocycles. The topological polar surface area (TPSA) is 307 Å². The number of ether oxygens (including phenoxy) is 6. The Morgan fingerprint density at radius 1 is 0.336 bits per heavy atom. The first-order valence-corrected chi connectivity index (χ1v) is 44.1. The van der Waals surface area contributed by atoms with Crippen LogP contribution in [0.1, 0.15) is 328 Å². The normalized spacial score (nSPS) is 25.7. The minimum Gasteiger partial charge on any atom is -0.394 e. The molecule has 3 aliphatic heterocycles. The highest BCUT2D eigenvalue weighted by molar-refractivity contribution is 5.76. The van der Waals surface area contributed by atoms with Crippen molar-refractivity contribution in [2.24, 2.45) is 0 Å². The maximum atomic E-state index is 13.5. The molecule has 3 heterocycles. The van der Waals surface area contributed by atoms with Gasteiger partial charge in [-0.1, -0.05) is 335 Å². The molecule has 0 aromatic heterocycles. The quantitative estimate of drug-likeness (QED) is 0.0199. The van der Waals surface area contributed by atoms with Gasteiger partial charge in [0.05, 0.1) is 38.6 Å². The number of carbonyl (C=O) groups is 1. The Balaban J connectivity index is 1.34. The lowest BCUT2D eigenvalue weighted by molar-refractivity contribution is -0.379. The van der Waals surface area contributed by atoms with E-state index in [0.717, 1.165) is 83.5 Å². The summed E-state index contributed by atoms with van der Waals surface area (Å²) in [5.41, 5.74) is 0. The highest BCUT2D eigenvalue weighted by Gasteiger charge is 2.54. The second-order valence-electron chi connectivity index (χ2n) is 31.0. The Hall–Kier alpha value is -3.55. The van der Waals surface area contributed by atoms with E-state index in [9.17, 15) is 61.0 Å². The lowest BCUT2D eigenvalue weighted by atomic mass is 9.96. The number of aliphatic hydroxyl groups is 11. The molecule has 0 spiro atoms. The van der Waals surface area contributed by atoms with Gasteiger partial charge in [-0.05, 0) is 96.3 Å². The van der Waals surface area contributed by atoms with Gasteiger partial charge < -0.3 is 89.9 Å². The predicted octanol–water partition coefficient (Wildman–Crippen LogP) is 16.5. The van der Waals surface area contributed by atoms with Gasteiger partial charge in [-0.3, -0.25) is 4.79 Å². The zero-order valence-corrected chi connectivity index (χ0v) is 68.5. The summed E-state index contributed by atoms with van der Waals surface area (Å²) in [6.07, 6.45) is 70.9. The minimum atomic E-state index is -1.99. The summed E-state index contributed by atoms with van der Waals surface area (Å²) in [5.74, 6) is -0.288. The van der Waals surface area contributed by atoms with E-state index < -0.39 is 124 Å². The molecule has 19 nitrogen and oxygen atoms in total. The molecule has 636 valence electrons. The average Bonchev–Trinajstić information content (AvgIpc) is 0.784. The average molecular weight is 1560 g/mol. The van der Waals surface area contributed by atoms with Gasteiger partial charge >= 0.3 is 0 Å². The van der Waals surface area contributed by atoms with Crippen molar-refractivity contribution >= 4 is 5.91 Å². The number of hydrogen-bond acceptors (Lipinski definition) is 18. The van der Waals surface area contributed by atoms with E-state index in [2.05, 4.69) is 116 Å². The molecule has 17 atom stereocenters. The molecule has 3 aliphatic rings. The standard InChI is InChI=1S/C91H159NO18/c1-3-5-7-9-11-13-15-17-19-21-23-25-27-29-31-33-34-35-36-37-38-39-40-41-43-45-47-49-51-53-55-57-59-61-63-65-67-69-79(97)92-74(75(96)68-66-64-62-60-58-56-54-52-50-48-46-44-42-32-30-28-26-24-22-20-18-16-14-12-10-8-6-4-2)73-105-89-85(103)82(100)87(77(71-94)107-89)110-91-86(104)83(101)88(78(72-95)108-91)109-90-84(102)81(99)80(98)76(70-93)106-90/h5,7,11,13,17,19,23,25,29,31,34-35,50,52,58,60,66,68,74-78,80-91,93-96,98-104H,3-4,6,8-10,12,14-16,18,20-22,24,26-28,30,32-33,36-49,51,53-57,59,61-65,67,69-73H2,1-2H3,(H,92,97)/b7-5-,13-11-,19-17-,25-23-,31-29-,35-34-,52-50+,60-58+,68-66+. The zero-order valence-electron chi connectivity index (χ0n) is 68.5. The van der Waals surface area contributed by atoms with E-state index in [4.69, 9.17) is 28.4 Å². The fraction of sp³-hybridized carbons (Fsp3) is 0.791. The molecule has 3 fully saturated rings. The van der Waals surface area contributed by atoms with Crippen LogP contribution in [0.15, 0.2) is 109 Å². The van der Waals surface area contributed by atoms with E-state index in [-0.39, 0.29) is 18.9 Å². The molecule has 0 bridgehead atoms. The van der Waals surface area contributed by atoms with Crippen molar-refractivity contribution in [1.29, 1.82) is 0 Å². The van der Waals surface area contributed by atoms with Gasteiger partial charge in [0, 0.05) is 6.42 Å². The highest BCUT2D eigenvalue weighted by Crippen LogP contribution is 2.33. The first-order valence-electron chi connectivity index (χ1n) is 44.1. The first-order chi connectivity index (χ1) is 53.8. The van der Waals surface area contributed by atoms with Crippen LogP contribution in [0.5, 0.6) is 0 Å². The molecular weight excluding hydrogens is 1390 g/mol. The van der Waals surface area contributed by atoms with Crippen molar-refractivity contribution in [2.45, 2.75) is 433 Å². The molecule has 17 unspecified atom stereocenters. The summed E-state index contributed by atoms with van der Waals surface area (Å²) < 4.78 is 34.5. The minimum absolute atomic E-state index is 0.229. The number of amides is 1. The third kappa shape index (κ3) is 48.1. The summed E-state index contributed by atoms with van der Waals surface area (Å²) in [4.78, 5) is 13.5. The monoisotopic (exact) mass is 1550 g/mol. The van der Waals surface area contributed by atoms with Crippen LogP contribution in [0.2, 0.25) is 0 Å². The maximum Gasteiger partial charge on any atom is 0.220 e. The van der Waals surface area contributed by atoms with Crippen molar-refractivity contribution < 1.29 is 89.4 Å². The lowest BCUT2D eigenvalue weighted by Gasteiger charge is -2.48. The van der Waals surface area contributed by atoms with E-state index >= 15 is 0 Å². The van der Waals surface area contributed by atoms with Crippen LogP contribution >= 0.6 is 0 Å². The van der Waals surface area contributed by atoms with E-state index in [1.165, 1.54) is 212 Å².